The van der Waals surface area contributed by atoms with Crippen LogP contribution in [0.15, 0.2) is 18.2 Å². The van der Waals surface area contributed by atoms with Gasteiger partial charge in [0.15, 0.2) is 0 Å². The Morgan fingerprint density at radius 3 is 2.48 bits per heavy atom. The first-order valence-electron chi connectivity index (χ1n) is 6.16. The fourth-order valence-corrected chi connectivity index (χ4v) is 3.68. The molecule has 1 aliphatic rings. The number of rotatable bonds is 1. The summed E-state index contributed by atoms with van der Waals surface area (Å²) in [7, 11) is 0. The minimum atomic E-state index is -0.256. The summed E-state index contributed by atoms with van der Waals surface area (Å²) in [5.41, 5.74) is 4.03. The molecule has 6 heteroatoms. The predicted molar refractivity (Wildman–Crippen MR) is 89.0 cm³/mol. The minimum absolute atomic E-state index is 0.249. The van der Waals surface area contributed by atoms with Crippen LogP contribution in [0, 0.1) is 0 Å². The van der Waals surface area contributed by atoms with E-state index in [1.807, 2.05) is 12.1 Å². The van der Waals surface area contributed by atoms with Crippen LogP contribution in [0.1, 0.15) is 18.1 Å². The molecule has 0 aromatic heterocycles. The zero-order chi connectivity index (χ0) is 15.3. The lowest BCUT2D eigenvalue weighted by atomic mass is 10.0. The molecule has 108 valence electrons. The van der Waals surface area contributed by atoms with Gasteiger partial charge in [0.1, 0.15) is 0 Å². The van der Waals surface area contributed by atoms with Crippen molar-refractivity contribution in [2.24, 2.45) is 0 Å². The van der Waals surface area contributed by atoms with Crippen LogP contribution in [-0.4, -0.2) is 5.91 Å². The number of nitrogens with one attached hydrogen (secondary N) is 1. The largest absolute Gasteiger partial charge is 0.324 e. The summed E-state index contributed by atoms with van der Waals surface area (Å²) in [6, 6.07) is 5.59. The first-order chi connectivity index (χ1) is 9.90. The number of amides is 1. The van der Waals surface area contributed by atoms with Gasteiger partial charge < -0.3 is 5.32 Å². The van der Waals surface area contributed by atoms with Gasteiger partial charge in [0.2, 0.25) is 5.91 Å². The zero-order valence-electron chi connectivity index (χ0n) is 10.9. The average molecular weight is 361 g/mol. The Morgan fingerprint density at radius 1 is 1.10 bits per heavy atom. The van der Waals surface area contributed by atoms with E-state index in [2.05, 4.69) is 5.32 Å². The third-order valence-electron chi connectivity index (χ3n) is 3.42. The van der Waals surface area contributed by atoms with Gasteiger partial charge in [-0.2, -0.15) is 0 Å². The molecule has 1 aliphatic carbocycles. The molecule has 0 fully saturated rings. The van der Waals surface area contributed by atoms with Gasteiger partial charge in [0, 0.05) is 23.9 Å². The van der Waals surface area contributed by atoms with E-state index in [4.69, 9.17) is 46.4 Å². The van der Waals surface area contributed by atoms with E-state index in [1.54, 1.807) is 6.07 Å². The number of benzene rings is 2. The smallest absolute Gasteiger partial charge is 0.221 e. The Balaban J connectivity index is 2.27. The third kappa shape index (κ3) is 2.40. The Kier molecular flexibility index (Phi) is 3.83. The predicted octanol–water partition coefficient (Wildman–Crippen LogP) is 5.83. The van der Waals surface area contributed by atoms with Crippen molar-refractivity contribution < 1.29 is 4.79 Å². The van der Waals surface area contributed by atoms with Crippen molar-refractivity contribution >= 4 is 58.0 Å². The van der Waals surface area contributed by atoms with Crippen LogP contribution in [0.4, 0.5) is 5.69 Å². The van der Waals surface area contributed by atoms with E-state index < -0.39 is 0 Å². The van der Waals surface area contributed by atoms with Gasteiger partial charge in [-0.05, 0) is 28.8 Å². The number of fused-ring (bicyclic) bond motifs is 3. The van der Waals surface area contributed by atoms with Gasteiger partial charge in [-0.3, -0.25) is 4.79 Å². The van der Waals surface area contributed by atoms with Crippen molar-refractivity contribution in [1.82, 2.24) is 0 Å². The molecule has 2 nitrogen and oxygen atoms in total. The lowest BCUT2D eigenvalue weighted by Gasteiger charge is -2.14. The SMILES string of the molecule is CC(=O)Nc1c(Cl)c(Cl)c2c(c1Cl)Cc1cc(Cl)ccc1-2. The summed E-state index contributed by atoms with van der Waals surface area (Å²) in [5, 5.41) is 4.35. The molecule has 2 aromatic carbocycles. The topological polar surface area (TPSA) is 29.1 Å². The van der Waals surface area contributed by atoms with E-state index in [0.29, 0.717) is 27.2 Å². The maximum absolute atomic E-state index is 11.3. The maximum atomic E-state index is 11.3. The first-order valence-corrected chi connectivity index (χ1v) is 7.67. The van der Waals surface area contributed by atoms with Crippen molar-refractivity contribution in [2.75, 3.05) is 5.32 Å². The number of carbonyl (C=O) groups excluding carboxylic acids is 1. The molecule has 21 heavy (non-hydrogen) atoms. The third-order valence-corrected chi connectivity index (χ3v) is 4.93. The molecule has 0 radical (unpaired) electrons. The van der Waals surface area contributed by atoms with Crippen LogP contribution in [0.2, 0.25) is 20.1 Å². The van der Waals surface area contributed by atoms with Gasteiger partial charge in [-0.15, -0.1) is 0 Å². The molecule has 0 saturated heterocycles. The molecule has 0 bridgehead atoms. The Morgan fingerprint density at radius 2 is 1.81 bits per heavy atom. The van der Waals surface area contributed by atoms with Crippen LogP contribution in [0.25, 0.3) is 11.1 Å². The normalized spacial score (nSPS) is 12.0. The van der Waals surface area contributed by atoms with Crippen LogP contribution in [0.5, 0.6) is 0 Å². The van der Waals surface area contributed by atoms with Gasteiger partial charge in [-0.1, -0.05) is 52.5 Å². The van der Waals surface area contributed by atoms with E-state index in [9.17, 15) is 4.79 Å². The van der Waals surface area contributed by atoms with Crippen molar-refractivity contribution in [3.8, 4) is 11.1 Å². The lowest BCUT2D eigenvalue weighted by molar-refractivity contribution is -0.114. The van der Waals surface area contributed by atoms with E-state index in [-0.39, 0.29) is 10.9 Å². The molecule has 0 atom stereocenters. The number of carbonyl (C=O) groups is 1. The van der Waals surface area contributed by atoms with Gasteiger partial charge >= 0.3 is 0 Å². The highest BCUT2D eigenvalue weighted by atomic mass is 35.5. The van der Waals surface area contributed by atoms with Crippen molar-refractivity contribution in [3.05, 3.63) is 49.4 Å². The molecular formula is C15H9Cl4NO. The number of halogens is 4. The van der Waals surface area contributed by atoms with Crippen LogP contribution in [0.3, 0.4) is 0 Å². The van der Waals surface area contributed by atoms with E-state index in [0.717, 1.165) is 22.3 Å². The Labute approximate surface area is 142 Å². The zero-order valence-corrected chi connectivity index (χ0v) is 13.9. The van der Waals surface area contributed by atoms with Crippen LogP contribution >= 0.6 is 46.4 Å². The Hall–Kier alpha value is -0.930. The molecule has 0 heterocycles. The molecule has 0 aliphatic heterocycles. The summed E-state index contributed by atoms with van der Waals surface area (Å²) in [6.45, 7) is 1.39. The number of hydrogen-bond donors (Lipinski definition) is 1. The van der Waals surface area contributed by atoms with Crippen LogP contribution in [-0.2, 0) is 11.2 Å². The highest BCUT2D eigenvalue weighted by Gasteiger charge is 2.28. The molecule has 0 saturated carbocycles. The van der Waals surface area contributed by atoms with Crippen molar-refractivity contribution in [3.63, 3.8) is 0 Å². The van der Waals surface area contributed by atoms with Crippen LogP contribution < -0.4 is 5.32 Å². The summed E-state index contributed by atoms with van der Waals surface area (Å²) in [4.78, 5) is 11.3. The molecule has 0 unspecified atom stereocenters. The second kappa shape index (κ2) is 5.36. The number of hydrogen-bond acceptors (Lipinski definition) is 1. The second-order valence-corrected chi connectivity index (χ2v) is 6.40. The monoisotopic (exact) mass is 359 g/mol. The van der Waals surface area contributed by atoms with E-state index >= 15 is 0 Å². The van der Waals surface area contributed by atoms with Gasteiger partial charge in [-0.25, -0.2) is 0 Å². The first kappa shape index (κ1) is 15.0. The summed E-state index contributed by atoms with van der Waals surface area (Å²) in [6.07, 6.45) is 0.605. The summed E-state index contributed by atoms with van der Waals surface area (Å²) in [5.74, 6) is -0.256. The molecule has 1 N–H and O–H groups in total. The molecule has 2 aromatic rings. The quantitative estimate of drug-likeness (QED) is 0.543. The highest BCUT2D eigenvalue weighted by Crippen LogP contribution is 2.51. The molecule has 0 spiro atoms. The average Bonchev–Trinajstić information content (AvgIpc) is 2.79. The lowest BCUT2D eigenvalue weighted by Crippen LogP contribution is -2.08. The maximum Gasteiger partial charge on any atom is 0.221 e. The van der Waals surface area contributed by atoms with Gasteiger partial charge in [0.05, 0.1) is 20.8 Å². The van der Waals surface area contributed by atoms with Crippen molar-refractivity contribution in [1.29, 1.82) is 0 Å². The fraction of sp³-hybridized carbons (Fsp3) is 0.133. The minimum Gasteiger partial charge on any atom is -0.324 e. The summed E-state index contributed by atoms with van der Waals surface area (Å²) < 4.78 is 0. The van der Waals surface area contributed by atoms with Gasteiger partial charge in [0.25, 0.3) is 0 Å². The standard InChI is InChI=1S/C15H9Cl4NO/c1-6(21)20-15-12(17)10-5-7-4-8(16)2-3-9(7)11(10)13(18)14(15)19/h2-4H,5H2,1H3,(H,20,21). The van der Waals surface area contributed by atoms with Crippen molar-refractivity contribution in [2.45, 2.75) is 13.3 Å². The molecular weight excluding hydrogens is 352 g/mol. The summed E-state index contributed by atoms with van der Waals surface area (Å²) >= 11 is 25.1. The Bertz CT molecular complexity index is 786. The van der Waals surface area contributed by atoms with E-state index in [1.165, 1.54) is 6.92 Å². The number of anilines is 1. The molecule has 1 amide bonds. The second-order valence-electron chi connectivity index (χ2n) is 4.83. The highest BCUT2D eigenvalue weighted by molar-refractivity contribution is 6.48. The molecule has 3 rings (SSSR count). The fourth-order valence-electron chi connectivity index (χ4n) is 2.58.